The van der Waals surface area contributed by atoms with Crippen molar-refractivity contribution in [2.75, 3.05) is 14.2 Å². The highest BCUT2D eigenvalue weighted by atomic mass is 19.1. The van der Waals surface area contributed by atoms with Crippen molar-refractivity contribution in [1.82, 2.24) is 9.55 Å². The summed E-state index contributed by atoms with van der Waals surface area (Å²) in [6.07, 6.45) is 3.15. The third kappa shape index (κ3) is 2.09. The molecule has 0 radical (unpaired) electrons. The predicted molar refractivity (Wildman–Crippen MR) is 78.9 cm³/mol. The SMILES string of the molecule is COC(=O)c1cccc2c1ccn2-c1ccnc(OC)c1F. The Morgan fingerprint density at radius 3 is 2.77 bits per heavy atom. The quantitative estimate of drug-likeness (QED) is 0.698. The standard InChI is InChI=1S/C16H13FN2O3/c1-21-15-14(17)13(6-8-18-15)19-9-7-10-11(16(20)22-2)4-3-5-12(10)19/h3-9H,1-2H3. The Balaban J connectivity index is 2.24. The van der Waals surface area contributed by atoms with Gasteiger partial charge >= 0.3 is 5.97 Å². The minimum atomic E-state index is -0.564. The van der Waals surface area contributed by atoms with E-state index in [4.69, 9.17) is 9.47 Å². The van der Waals surface area contributed by atoms with Crippen molar-refractivity contribution >= 4 is 16.9 Å². The van der Waals surface area contributed by atoms with Gasteiger partial charge in [-0.05, 0) is 24.3 Å². The molecule has 0 aliphatic carbocycles. The smallest absolute Gasteiger partial charge is 0.338 e. The van der Waals surface area contributed by atoms with Crippen LogP contribution in [0.5, 0.6) is 5.88 Å². The Bertz CT molecular complexity index is 858. The van der Waals surface area contributed by atoms with Crippen LogP contribution in [0.3, 0.4) is 0 Å². The van der Waals surface area contributed by atoms with Crippen molar-refractivity contribution in [1.29, 1.82) is 0 Å². The molecule has 3 rings (SSSR count). The lowest BCUT2D eigenvalue weighted by Gasteiger charge is -2.09. The van der Waals surface area contributed by atoms with Gasteiger partial charge in [-0.15, -0.1) is 0 Å². The fourth-order valence-corrected chi connectivity index (χ4v) is 2.41. The van der Waals surface area contributed by atoms with Gasteiger partial charge in [0.15, 0.2) is 0 Å². The van der Waals surface area contributed by atoms with Gasteiger partial charge in [-0.3, -0.25) is 0 Å². The lowest BCUT2D eigenvalue weighted by Crippen LogP contribution is -2.03. The number of fused-ring (bicyclic) bond motifs is 1. The molecule has 0 amide bonds. The molecule has 2 heterocycles. The summed E-state index contributed by atoms with van der Waals surface area (Å²) in [6.45, 7) is 0. The second-order valence-electron chi connectivity index (χ2n) is 4.57. The van der Waals surface area contributed by atoms with E-state index in [1.54, 1.807) is 41.1 Å². The van der Waals surface area contributed by atoms with Crippen LogP contribution in [0.4, 0.5) is 4.39 Å². The molecule has 0 aliphatic heterocycles. The van der Waals surface area contributed by atoms with Gasteiger partial charge < -0.3 is 14.0 Å². The Morgan fingerprint density at radius 2 is 2.05 bits per heavy atom. The van der Waals surface area contributed by atoms with E-state index in [-0.39, 0.29) is 5.88 Å². The maximum absolute atomic E-state index is 14.4. The van der Waals surface area contributed by atoms with Gasteiger partial charge in [-0.25, -0.2) is 9.78 Å². The van der Waals surface area contributed by atoms with Gasteiger partial charge in [-0.1, -0.05) is 6.07 Å². The number of carbonyl (C=O) groups excluding carboxylic acids is 1. The van der Waals surface area contributed by atoms with Crippen LogP contribution in [0.2, 0.25) is 0 Å². The Morgan fingerprint density at radius 1 is 1.23 bits per heavy atom. The topological polar surface area (TPSA) is 53.4 Å². The number of hydrogen-bond donors (Lipinski definition) is 0. The second kappa shape index (κ2) is 5.48. The zero-order chi connectivity index (χ0) is 15.7. The minimum Gasteiger partial charge on any atom is -0.479 e. The van der Waals surface area contributed by atoms with E-state index in [9.17, 15) is 9.18 Å². The van der Waals surface area contributed by atoms with E-state index in [0.29, 0.717) is 22.2 Å². The molecule has 0 aliphatic rings. The van der Waals surface area contributed by atoms with Crippen LogP contribution in [-0.2, 0) is 4.74 Å². The Kier molecular flexibility index (Phi) is 3.50. The van der Waals surface area contributed by atoms with Crippen molar-refractivity contribution in [3.05, 3.63) is 54.1 Å². The number of esters is 1. The summed E-state index contributed by atoms with van der Waals surface area (Å²) in [5.41, 5.74) is 1.42. The Labute approximate surface area is 125 Å². The molecule has 22 heavy (non-hydrogen) atoms. The summed E-state index contributed by atoms with van der Waals surface area (Å²) in [7, 11) is 2.68. The first kappa shape index (κ1) is 14.1. The monoisotopic (exact) mass is 300 g/mol. The molecule has 0 atom stereocenters. The average molecular weight is 300 g/mol. The van der Waals surface area contributed by atoms with Crippen molar-refractivity contribution in [3.8, 4) is 11.6 Å². The summed E-state index contributed by atoms with van der Waals surface area (Å²) in [5.74, 6) is -1.08. The summed E-state index contributed by atoms with van der Waals surface area (Å²) in [4.78, 5) is 15.6. The van der Waals surface area contributed by atoms with Crippen LogP contribution >= 0.6 is 0 Å². The van der Waals surface area contributed by atoms with E-state index in [2.05, 4.69) is 4.98 Å². The zero-order valence-electron chi connectivity index (χ0n) is 12.0. The molecule has 0 bridgehead atoms. The molecule has 1 aromatic carbocycles. The second-order valence-corrected chi connectivity index (χ2v) is 4.57. The first-order valence-electron chi connectivity index (χ1n) is 6.54. The van der Waals surface area contributed by atoms with Gasteiger partial charge in [0.25, 0.3) is 5.88 Å². The van der Waals surface area contributed by atoms with Crippen LogP contribution < -0.4 is 4.74 Å². The number of nitrogens with zero attached hydrogens (tertiary/aromatic N) is 2. The lowest BCUT2D eigenvalue weighted by atomic mass is 10.1. The van der Waals surface area contributed by atoms with Gasteiger partial charge in [0, 0.05) is 17.8 Å². The average Bonchev–Trinajstić information content (AvgIpc) is 2.98. The maximum atomic E-state index is 14.4. The highest BCUT2D eigenvalue weighted by molar-refractivity contribution is 6.04. The van der Waals surface area contributed by atoms with E-state index in [1.807, 2.05) is 0 Å². The molecule has 3 aromatic rings. The third-order valence-electron chi connectivity index (χ3n) is 3.43. The van der Waals surface area contributed by atoms with Crippen molar-refractivity contribution in [2.45, 2.75) is 0 Å². The van der Waals surface area contributed by atoms with E-state index in [0.717, 1.165) is 0 Å². The van der Waals surface area contributed by atoms with Crippen molar-refractivity contribution < 1.29 is 18.7 Å². The highest BCUT2D eigenvalue weighted by Gasteiger charge is 2.16. The van der Waals surface area contributed by atoms with Crippen molar-refractivity contribution in [2.24, 2.45) is 0 Å². The largest absolute Gasteiger partial charge is 0.479 e. The highest BCUT2D eigenvalue weighted by Crippen LogP contribution is 2.27. The minimum absolute atomic E-state index is 0.0801. The number of pyridine rings is 1. The van der Waals surface area contributed by atoms with Crippen LogP contribution in [0.25, 0.3) is 16.6 Å². The molecule has 2 aromatic heterocycles. The zero-order valence-corrected chi connectivity index (χ0v) is 12.0. The van der Waals surface area contributed by atoms with Crippen LogP contribution in [-0.4, -0.2) is 29.7 Å². The summed E-state index contributed by atoms with van der Waals surface area (Å²) >= 11 is 0. The number of halogens is 1. The first-order chi connectivity index (χ1) is 10.7. The van der Waals surface area contributed by atoms with Gasteiger partial charge in [0.1, 0.15) is 0 Å². The Hall–Kier alpha value is -2.89. The molecular weight excluding hydrogens is 287 g/mol. The molecule has 0 unspecified atom stereocenters. The van der Waals surface area contributed by atoms with Crippen LogP contribution in [0.1, 0.15) is 10.4 Å². The van der Waals surface area contributed by atoms with Gasteiger partial charge in [-0.2, -0.15) is 4.39 Å². The van der Waals surface area contributed by atoms with E-state index < -0.39 is 11.8 Å². The maximum Gasteiger partial charge on any atom is 0.338 e. The molecular formula is C16H13FN2O3. The molecule has 0 saturated heterocycles. The number of hydrogen-bond acceptors (Lipinski definition) is 4. The normalized spacial score (nSPS) is 10.7. The number of aromatic nitrogens is 2. The molecule has 6 heteroatoms. The fraction of sp³-hybridized carbons (Fsp3) is 0.125. The summed E-state index contributed by atoms with van der Waals surface area (Å²) < 4.78 is 25.7. The number of rotatable bonds is 3. The van der Waals surface area contributed by atoms with E-state index in [1.165, 1.54) is 20.4 Å². The van der Waals surface area contributed by atoms with Crippen LogP contribution in [0.15, 0.2) is 42.7 Å². The van der Waals surface area contributed by atoms with Crippen molar-refractivity contribution in [3.63, 3.8) is 0 Å². The molecule has 5 nitrogen and oxygen atoms in total. The predicted octanol–water partition coefficient (Wildman–Crippen LogP) is 2.96. The molecule has 0 fully saturated rings. The lowest BCUT2D eigenvalue weighted by molar-refractivity contribution is 0.0603. The molecule has 0 saturated carbocycles. The van der Waals surface area contributed by atoms with Crippen LogP contribution in [0, 0.1) is 5.82 Å². The number of methoxy groups -OCH3 is 2. The van der Waals surface area contributed by atoms with Gasteiger partial charge in [0.05, 0.1) is 31.0 Å². The third-order valence-corrected chi connectivity index (χ3v) is 3.43. The number of carbonyl (C=O) groups is 1. The molecule has 0 N–H and O–H groups in total. The summed E-state index contributed by atoms with van der Waals surface area (Å²) in [6, 6.07) is 8.48. The number of benzene rings is 1. The van der Waals surface area contributed by atoms with E-state index >= 15 is 0 Å². The summed E-state index contributed by atoms with van der Waals surface area (Å²) in [5, 5.41) is 0.685. The molecule has 0 spiro atoms. The van der Waals surface area contributed by atoms with Gasteiger partial charge in [0.2, 0.25) is 5.82 Å². The number of ether oxygens (including phenoxy) is 2. The first-order valence-corrected chi connectivity index (χ1v) is 6.54. The fourth-order valence-electron chi connectivity index (χ4n) is 2.41. The molecule has 112 valence electrons.